The Kier molecular flexibility index (Phi) is 7.15. The molecule has 6 rings (SSSR count). The summed E-state index contributed by atoms with van der Waals surface area (Å²) in [5.41, 5.74) is 10.4. The molecule has 0 aromatic carbocycles. The number of anilines is 2. The average Bonchev–Trinajstić information content (AvgIpc) is 3.68. The van der Waals surface area contributed by atoms with Gasteiger partial charge in [-0.15, -0.1) is 0 Å². The molecule has 0 spiro atoms. The predicted molar refractivity (Wildman–Crippen MR) is 142 cm³/mol. The van der Waals surface area contributed by atoms with E-state index >= 15 is 0 Å². The minimum atomic E-state index is -3.25. The van der Waals surface area contributed by atoms with Crippen LogP contribution in [0.15, 0.2) is 25.3 Å². The third kappa shape index (κ3) is 5.07. The van der Waals surface area contributed by atoms with Crippen molar-refractivity contribution in [2.75, 3.05) is 24.7 Å². The Hall–Kier alpha value is -2.54. The first-order chi connectivity index (χ1) is 18.7. The van der Waals surface area contributed by atoms with Gasteiger partial charge in [0.05, 0.1) is 43.8 Å². The van der Waals surface area contributed by atoms with E-state index in [2.05, 4.69) is 29.9 Å². The van der Waals surface area contributed by atoms with Crippen molar-refractivity contribution in [2.45, 2.75) is 49.7 Å². The van der Waals surface area contributed by atoms with Crippen LogP contribution in [0.2, 0.25) is 0 Å². The highest BCUT2D eigenvalue weighted by molar-refractivity contribution is 8.51. The van der Waals surface area contributed by atoms with Crippen LogP contribution in [0.4, 0.5) is 11.6 Å². The second-order valence-electron chi connectivity index (χ2n) is 9.03. The maximum Gasteiger partial charge on any atom is 0.167 e. The van der Waals surface area contributed by atoms with E-state index in [4.69, 9.17) is 54.0 Å². The topological polar surface area (TPSA) is 217 Å². The van der Waals surface area contributed by atoms with Crippen molar-refractivity contribution in [3.05, 3.63) is 25.3 Å². The Morgan fingerprint density at radius 3 is 2.10 bits per heavy atom. The Balaban J connectivity index is 1.09. The molecule has 0 saturated carbocycles. The molecule has 2 aliphatic heterocycles. The van der Waals surface area contributed by atoms with E-state index in [1.807, 2.05) is 0 Å². The zero-order chi connectivity index (χ0) is 27.3. The zero-order valence-electron chi connectivity index (χ0n) is 20.1. The van der Waals surface area contributed by atoms with Crippen LogP contribution < -0.4 is 11.5 Å². The molecular weight excluding hydrogens is 571 g/mol. The highest BCUT2D eigenvalue weighted by Crippen LogP contribution is 2.51. The Morgan fingerprint density at radius 1 is 0.949 bits per heavy atom. The van der Waals surface area contributed by atoms with Crippen LogP contribution in [0, 0.1) is 0 Å². The van der Waals surface area contributed by atoms with E-state index in [9.17, 15) is 10.2 Å². The monoisotopic (exact) mass is 595 g/mol. The second-order valence-corrected chi connectivity index (χ2v) is 14.0. The lowest BCUT2D eigenvalue weighted by molar-refractivity contribution is -0.0458. The number of aromatic nitrogens is 8. The van der Waals surface area contributed by atoms with Gasteiger partial charge in [-0.25, -0.2) is 29.9 Å². The molecular formula is C20H24N10O6PS2-. The molecule has 0 aliphatic carbocycles. The van der Waals surface area contributed by atoms with Crippen LogP contribution in [0.5, 0.6) is 0 Å². The molecule has 19 heteroatoms. The first kappa shape index (κ1) is 26.7. The van der Waals surface area contributed by atoms with E-state index < -0.39 is 42.6 Å². The van der Waals surface area contributed by atoms with Crippen molar-refractivity contribution >= 4 is 63.7 Å². The first-order valence-corrected chi connectivity index (χ1v) is 15.5. The van der Waals surface area contributed by atoms with E-state index in [-0.39, 0.29) is 31.3 Å². The van der Waals surface area contributed by atoms with Crippen molar-refractivity contribution in [3.8, 4) is 0 Å². The van der Waals surface area contributed by atoms with Gasteiger partial charge >= 0.3 is 0 Å². The number of ether oxygens (including phenoxy) is 2. The fourth-order valence-electron chi connectivity index (χ4n) is 4.70. The molecule has 6 N–H and O–H groups in total. The van der Waals surface area contributed by atoms with E-state index in [0.717, 1.165) is 0 Å². The normalized spacial score (nSPS) is 28.9. The number of rotatable bonds is 8. The van der Waals surface area contributed by atoms with Gasteiger partial charge < -0.3 is 52.5 Å². The number of hydrogen-bond donors (Lipinski definition) is 4. The summed E-state index contributed by atoms with van der Waals surface area (Å²) in [4.78, 5) is 24.8. The van der Waals surface area contributed by atoms with Gasteiger partial charge in [-0.05, 0) is 0 Å². The fourth-order valence-corrected chi connectivity index (χ4v) is 6.68. The molecule has 4 aromatic rings. The predicted octanol–water partition coefficient (Wildman–Crippen LogP) is -0.0680. The average molecular weight is 596 g/mol. The summed E-state index contributed by atoms with van der Waals surface area (Å²) in [5, 5.41) is 20.5. The van der Waals surface area contributed by atoms with Crippen LogP contribution in [0.1, 0.15) is 25.3 Å². The number of aliphatic hydroxyl groups excluding tert-OH is 2. The summed E-state index contributed by atoms with van der Waals surface area (Å²) in [6.07, 6.45) is 2.28. The van der Waals surface area contributed by atoms with Gasteiger partial charge in [-0.2, -0.15) is 0 Å². The summed E-state index contributed by atoms with van der Waals surface area (Å²) in [5.74, 6) is 0.494. The molecule has 4 aromatic heterocycles. The van der Waals surface area contributed by atoms with Crippen molar-refractivity contribution in [1.82, 2.24) is 39.0 Å². The van der Waals surface area contributed by atoms with E-state index in [1.165, 1.54) is 25.3 Å². The maximum atomic E-state index is 10.6. The number of hydrogen-bond acceptors (Lipinski definition) is 16. The van der Waals surface area contributed by atoms with Gasteiger partial charge in [0.25, 0.3) is 0 Å². The number of nitrogen functional groups attached to an aromatic ring is 2. The lowest BCUT2D eigenvalue weighted by Gasteiger charge is -2.33. The summed E-state index contributed by atoms with van der Waals surface area (Å²) in [7, 11) is 0. The highest BCUT2D eigenvalue weighted by Gasteiger charge is 2.40. The third-order valence-electron chi connectivity index (χ3n) is 6.62. The lowest BCUT2D eigenvalue weighted by atomic mass is 10.2. The van der Waals surface area contributed by atoms with Crippen molar-refractivity contribution < 1.29 is 28.7 Å². The standard InChI is InChI=1S/C20H25N10O6PS2/c21-17-15-19(25-5-23-17)29(7-27-15)13-1-9(32)12(35-13)4-33-37(38,39)36-10-2-14(34-11(10)3-31)30-8-28-16-18(22)24-6-26-20(16)30/h5-14,31-32H,1-4H2,(H,38,39)(H2,21,23,25)(H2,22,24,26)/p-1/t9-,10-,11+,12+,13+,14+/m0/s1. The van der Waals surface area contributed by atoms with Gasteiger partial charge in [-0.3, -0.25) is 9.13 Å². The van der Waals surface area contributed by atoms with Gasteiger partial charge in [0.1, 0.15) is 48.4 Å². The van der Waals surface area contributed by atoms with Crippen LogP contribution in [0.25, 0.3) is 22.3 Å². The molecule has 1 unspecified atom stereocenters. The summed E-state index contributed by atoms with van der Waals surface area (Å²) >= 11 is 11.0. The number of aliphatic hydroxyl groups is 2. The van der Waals surface area contributed by atoms with E-state index in [0.29, 0.717) is 28.7 Å². The molecule has 0 bridgehead atoms. The van der Waals surface area contributed by atoms with Crippen LogP contribution >= 0.6 is 5.69 Å². The van der Waals surface area contributed by atoms with Crippen molar-refractivity contribution in [2.24, 2.45) is 0 Å². The first-order valence-electron chi connectivity index (χ1n) is 11.8. The fraction of sp³-hybridized carbons (Fsp3) is 0.500. The van der Waals surface area contributed by atoms with Gasteiger partial charge in [0.2, 0.25) is 0 Å². The number of fused-ring (bicyclic) bond motifs is 2. The maximum absolute atomic E-state index is 10.6. The van der Waals surface area contributed by atoms with Crippen molar-refractivity contribution in [1.29, 1.82) is 0 Å². The molecule has 0 radical (unpaired) electrons. The lowest BCUT2D eigenvalue weighted by Crippen LogP contribution is -2.29. The minimum absolute atomic E-state index is 0.0919. The molecule has 39 heavy (non-hydrogen) atoms. The SMILES string of the molecule is Nc1ncnc2c1ncn2[C@H]1C[C@H](OP(=S)([S-])OC[C@H]2O[C@@H](n3cnc4c(N)ncnc43)C[C@@H]2O)[C@@H](CO)O1. The quantitative estimate of drug-likeness (QED) is 0.155. The summed E-state index contributed by atoms with van der Waals surface area (Å²) in [6, 6.07) is 0. The smallest absolute Gasteiger partial charge is 0.167 e. The molecule has 6 heterocycles. The zero-order valence-corrected chi connectivity index (χ0v) is 22.7. The highest BCUT2D eigenvalue weighted by atomic mass is 32.9. The molecule has 7 atom stereocenters. The largest absolute Gasteiger partial charge is 0.691 e. The molecule has 2 fully saturated rings. The second kappa shape index (κ2) is 10.5. The van der Waals surface area contributed by atoms with Crippen molar-refractivity contribution in [3.63, 3.8) is 0 Å². The third-order valence-corrected chi connectivity index (χ3v) is 8.76. The molecule has 2 saturated heterocycles. The number of nitrogens with zero attached hydrogens (tertiary/aromatic N) is 8. The number of nitrogens with two attached hydrogens (primary N) is 2. The van der Waals surface area contributed by atoms with Gasteiger partial charge in [-0.1, -0.05) is 11.8 Å². The Labute approximate surface area is 231 Å². The van der Waals surface area contributed by atoms with Gasteiger partial charge in [0, 0.05) is 12.8 Å². The van der Waals surface area contributed by atoms with Crippen LogP contribution in [0.3, 0.4) is 0 Å². The van der Waals surface area contributed by atoms with Crippen LogP contribution in [-0.2, 0) is 42.6 Å². The van der Waals surface area contributed by atoms with Gasteiger partial charge in [0.15, 0.2) is 22.9 Å². The molecule has 0 amide bonds. The minimum Gasteiger partial charge on any atom is -0.691 e. The molecule has 2 aliphatic rings. The molecule has 16 nitrogen and oxygen atoms in total. The van der Waals surface area contributed by atoms with Crippen LogP contribution in [-0.4, -0.2) is 86.9 Å². The number of imidazole rings is 2. The molecule has 208 valence electrons. The Morgan fingerprint density at radius 2 is 1.51 bits per heavy atom. The Bertz CT molecular complexity index is 1560. The summed E-state index contributed by atoms with van der Waals surface area (Å²) in [6.45, 7) is -0.417. The summed E-state index contributed by atoms with van der Waals surface area (Å²) < 4.78 is 27.1. The van der Waals surface area contributed by atoms with E-state index in [1.54, 1.807) is 9.13 Å².